The predicted molar refractivity (Wildman–Crippen MR) is 74.6 cm³/mol. The zero-order valence-electron chi connectivity index (χ0n) is 10.9. The molecule has 2 unspecified atom stereocenters. The Morgan fingerprint density at radius 3 is 2.74 bits per heavy atom. The van der Waals surface area contributed by atoms with E-state index >= 15 is 0 Å². The lowest BCUT2D eigenvalue weighted by molar-refractivity contribution is -0.141. The van der Waals surface area contributed by atoms with Crippen LogP contribution in [-0.2, 0) is 14.3 Å². The van der Waals surface area contributed by atoms with E-state index in [1.54, 1.807) is 7.11 Å². The number of hydrogen-bond donors (Lipinski definition) is 1. The fourth-order valence-corrected chi connectivity index (χ4v) is 3.24. The maximum atomic E-state index is 12.2. The SMILES string of the molecule is COCC1(C)CC(=O)NC(=O)C1c1ccccc1Br. The Morgan fingerprint density at radius 1 is 1.42 bits per heavy atom. The molecule has 1 heterocycles. The Morgan fingerprint density at radius 2 is 2.11 bits per heavy atom. The lowest BCUT2D eigenvalue weighted by Gasteiger charge is -2.39. The molecule has 5 heteroatoms. The van der Waals surface area contributed by atoms with Crippen molar-refractivity contribution < 1.29 is 14.3 Å². The van der Waals surface area contributed by atoms with E-state index in [0.29, 0.717) is 6.61 Å². The van der Waals surface area contributed by atoms with E-state index < -0.39 is 11.3 Å². The van der Waals surface area contributed by atoms with Crippen LogP contribution in [-0.4, -0.2) is 25.5 Å². The number of carbonyl (C=O) groups excluding carboxylic acids is 2. The van der Waals surface area contributed by atoms with Gasteiger partial charge in [-0.15, -0.1) is 0 Å². The standard InChI is InChI=1S/C14H16BrNO3/c1-14(8-19-2)7-11(17)16-13(18)12(14)9-5-3-4-6-10(9)15/h3-6,12H,7-8H2,1-2H3,(H,16,17,18). The molecule has 0 radical (unpaired) electrons. The van der Waals surface area contributed by atoms with Crippen LogP contribution in [0.25, 0.3) is 0 Å². The van der Waals surface area contributed by atoms with Gasteiger partial charge in [-0.05, 0) is 11.6 Å². The Hall–Kier alpha value is -1.20. The van der Waals surface area contributed by atoms with Gasteiger partial charge in [0.15, 0.2) is 0 Å². The lowest BCUT2D eigenvalue weighted by Crippen LogP contribution is -2.51. The predicted octanol–water partition coefficient (Wildman–Crippen LogP) is 2.23. The van der Waals surface area contributed by atoms with Crippen molar-refractivity contribution in [3.63, 3.8) is 0 Å². The van der Waals surface area contributed by atoms with Crippen LogP contribution in [0, 0.1) is 5.41 Å². The number of halogens is 1. The van der Waals surface area contributed by atoms with Crippen molar-refractivity contribution in [3.05, 3.63) is 34.3 Å². The Bertz CT molecular complexity index is 517. The number of nitrogens with one attached hydrogen (secondary N) is 1. The molecule has 4 nitrogen and oxygen atoms in total. The van der Waals surface area contributed by atoms with Crippen LogP contribution in [0.3, 0.4) is 0 Å². The van der Waals surface area contributed by atoms with Crippen molar-refractivity contribution in [1.82, 2.24) is 5.32 Å². The Labute approximate surface area is 120 Å². The molecule has 1 saturated heterocycles. The molecule has 1 aliphatic heterocycles. The Kier molecular flexibility index (Phi) is 4.06. The average molecular weight is 326 g/mol. The van der Waals surface area contributed by atoms with E-state index in [2.05, 4.69) is 21.2 Å². The van der Waals surface area contributed by atoms with E-state index in [0.717, 1.165) is 10.0 Å². The number of methoxy groups -OCH3 is 1. The molecular formula is C14H16BrNO3. The molecule has 1 aliphatic rings. The molecule has 1 N–H and O–H groups in total. The van der Waals surface area contributed by atoms with Crippen molar-refractivity contribution >= 4 is 27.7 Å². The number of imide groups is 1. The fourth-order valence-electron chi connectivity index (χ4n) is 2.73. The van der Waals surface area contributed by atoms with Crippen LogP contribution < -0.4 is 5.32 Å². The second kappa shape index (κ2) is 5.43. The number of carbonyl (C=O) groups is 2. The van der Waals surface area contributed by atoms with Gasteiger partial charge in [-0.3, -0.25) is 14.9 Å². The molecule has 0 saturated carbocycles. The molecular weight excluding hydrogens is 310 g/mol. The molecule has 1 fully saturated rings. The van der Waals surface area contributed by atoms with Crippen molar-refractivity contribution in [2.75, 3.05) is 13.7 Å². The summed E-state index contributed by atoms with van der Waals surface area (Å²) in [4.78, 5) is 23.9. The van der Waals surface area contributed by atoms with E-state index in [9.17, 15) is 9.59 Å². The highest BCUT2D eigenvalue weighted by molar-refractivity contribution is 9.10. The summed E-state index contributed by atoms with van der Waals surface area (Å²) >= 11 is 3.47. The molecule has 19 heavy (non-hydrogen) atoms. The van der Waals surface area contributed by atoms with Crippen LogP contribution in [0.4, 0.5) is 0 Å². The highest BCUT2D eigenvalue weighted by atomic mass is 79.9. The molecule has 2 amide bonds. The molecule has 0 spiro atoms. The molecule has 0 aliphatic carbocycles. The first-order chi connectivity index (χ1) is 8.98. The second-order valence-corrected chi connectivity index (χ2v) is 5.99. The summed E-state index contributed by atoms with van der Waals surface area (Å²) in [7, 11) is 1.58. The number of amides is 2. The van der Waals surface area contributed by atoms with Gasteiger partial charge in [-0.2, -0.15) is 0 Å². The molecule has 1 aromatic rings. The maximum absolute atomic E-state index is 12.2. The number of ether oxygens (including phenoxy) is 1. The van der Waals surface area contributed by atoms with Crippen molar-refractivity contribution in [3.8, 4) is 0 Å². The zero-order valence-corrected chi connectivity index (χ0v) is 12.5. The fraction of sp³-hybridized carbons (Fsp3) is 0.429. The van der Waals surface area contributed by atoms with Gasteiger partial charge in [0, 0.05) is 23.4 Å². The van der Waals surface area contributed by atoms with Crippen molar-refractivity contribution in [2.45, 2.75) is 19.3 Å². The topological polar surface area (TPSA) is 55.4 Å². The summed E-state index contributed by atoms with van der Waals surface area (Å²) in [5.74, 6) is -0.906. The summed E-state index contributed by atoms with van der Waals surface area (Å²) in [6, 6.07) is 7.58. The molecule has 0 aromatic heterocycles. The molecule has 102 valence electrons. The smallest absolute Gasteiger partial charge is 0.234 e. The van der Waals surface area contributed by atoms with Gasteiger partial charge in [0.2, 0.25) is 11.8 Å². The summed E-state index contributed by atoms with van der Waals surface area (Å²) in [5.41, 5.74) is 0.352. The monoisotopic (exact) mass is 325 g/mol. The van der Waals surface area contributed by atoms with E-state index in [-0.39, 0.29) is 18.2 Å². The summed E-state index contributed by atoms with van der Waals surface area (Å²) in [6.07, 6.45) is 0.276. The van der Waals surface area contributed by atoms with Gasteiger partial charge in [-0.1, -0.05) is 41.1 Å². The first-order valence-corrected chi connectivity index (χ1v) is 6.84. The van der Waals surface area contributed by atoms with Crippen LogP contribution >= 0.6 is 15.9 Å². The molecule has 0 bridgehead atoms. The zero-order chi connectivity index (χ0) is 14.0. The summed E-state index contributed by atoms with van der Waals surface area (Å²) in [5, 5.41) is 2.41. The number of rotatable bonds is 3. The van der Waals surface area contributed by atoms with Crippen molar-refractivity contribution in [1.29, 1.82) is 0 Å². The molecule has 2 atom stereocenters. The second-order valence-electron chi connectivity index (χ2n) is 5.13. The van der Waals surface area contributed by atoms with E-state index in [1.165, 1.54) is 0 Å². The van der Waals surface area contributed by atoms with E-state index in [1.807, 2.05) is 31.2 Å². The maximum Gasteiger partial charge on any atom is 0.234 e. The van der Waals surface area contributed by atoms with Crippen LogP contribution in [0.2, 0.25) is 0 Å². The quantitative estimate of drug-likeness (QED) is 0.867. The Balaban J connectivity index is 2.47. The number of hydrogen-bond acceptors (Lipinski definition) is 3. The first-order valence-electron chi connectivity index (χ1n) is 6.05. The minimum absolute atomic E-state index is 0.243. The number of benzene rings is 1. The van der Waals surface area contributed by atoms with Gasteiger partial charge < -0.3 is 4.74 Å². The normalized spacial score (nSPS) is 27.2. The average Bonchev–Trinajstić information content (AvgIpc) is 2.30. The van der Waals surface area contributed by atoms with Gasteiger partial charge in [0.05, 0.1) is 12.5 Å². The van der Waals surface area contributed by atoms with Crippen LogP contribution in [0.1, 0.15) is 24.8 Å². The highest BCUT2D eigenvalue weighted by Crippen LogP contribution is 2.43. The first kappa shape index (κ1) is 14.2. The van der Waals surface area contributed by atoms with Crippen LogP contribution in [0.5, 0.6) is 0 Å². The van der Waals surface area contributed by atoms with Crippen LogP contribution in [0.15, 0.2) is 28.7 Å². The molecule has 2 rings (SSSR count). The third-order valence-corrected chi connectivity index (χ3v) is 4.20. The van der Waals surface area contributed by atoms with Gasteiger partial charge in [-0.25, -0.2) is 0 Å². The summed E-state index contributed by atoms with van der Waals surface area (Å²) < 4.78 is 6.09. The lowest BCUT2D eigenvalue weighted by atomic mass is 9.69. The van der Waals surface area contributed by atoms with Gasteiger partial charge in [0.25, 0.3) is 0 Å². The van der Waals surface area contributed by atoms with Gasteiger partial charge in [0.1, 0.15) is 0 Å². The number of piperidine rings is 1. The van der Waals surface area contributed by atoms with Crippen molar-refractivity contribution in [2.24, 2.45) is 5.41 Å². The minimum atomic E-state index is -0.530. The summed E-state index contributed by atoms with van der Waals surface area (Å²) in [6.45, 7) is 2.27. The minimum Gasteiger partial charge on any atom is -0.384 e. The highest BCUT2D eigenvalue weighted by Gasteiger charge is 2.46. The van der Waals surface area contributed by atoms with E-state index in [4.69, 9.17) is 4.74 Å². The van der Waals surface area contributed by atoms with Gasteiger partial charge >= 0.3 is 0 Å². The third kappa shape index (κ3) is 2.72. The third-order valence-electron chi connectivity index (χ3n) is 3.48. The largest absolute Gasteiger partial charge is 0.384 e. The molecule has 1 aromatic carbocycles.